The molecule has 0 amide bonds. The summed E-state index contributed by atoms with van der Waals surface area (Å²) in [5, 5.41) is 10.2. The van der Waals surface area contributed by atoms with E-state index in [1.807, 2.05) is 6.92 Å². The van der Waals surface area contributed by atoms with Crippen molar-refractivity contribution >= 4 is 11.8 Å². The number of thioether (sulfide) groups is 1. The molecule has 0 radical (unpaired) electrons. The first-order valence-corrected chi connectivity index (χ1v) is 8.31. The molecule has 2 heterocycles. The normalized spacial score (nSPS) is 18.3. The molecule has 138 valence electrons. The molecule has 0 saturated heterocycles. The summed E-state index contributed by atoms with van der Waals surface area (Å²) in [6.45, 7) is 1.70. The first-order chi connectivity index (χ1) is 11.6. The van der Waals surface area contributed by atoms with Crippen LogP contribution in [0.25, 0.3) is 0 Å². The van der Waals surface area contributed by atoms with E-state index in [1.165, 1.54) is 23.9 Å². The molecule has 0 spiro atoms. The Morgan fingerprint density at radius 1 is 1.20 bits per heavy atom. The van der Waals surface area contributed by atoms with Gasteiger partial charge in [-0.05, 0) is 17.9 Å². The Morgan fingerprint density at radius 2 is 1.92 bits per heavy atom. The Hall–Kier alpha value is -1.84. The maximum Gasteiger partial charge on any atom is 0.417 e. The molecule has 0 fully saturated rings. The lowest BCUT2D eigenvalue weighted by molar-refractivity contribution is -0.0888. The summed E-state index contributed by atoms with van der Waals surface area (Å²) in [5.74, 6) is -2.51. The second kappa shape index (κ2) is 7.59. The van der Waals surface area contributed by atoms with Gasteiger partial charge in [0.15, 0.2) is 6.61 Å². The maximum atomic E-state index is 12.9. The summed E-state index contributed by atoms with van der Waals surface area (Å²) in [7, 11) is 0. The topological polar surface area (TPSA) is 47.0 Å². The fourth-order valence-corrected chi connectivity index (χ4v) is 2.88. The highest BCUT2D eigenvalue weighted by Gasteiger charge is 2.35. The number of hydrogen-bond donors (Lipinski definition) is 1. The third-order valence-corrected chi connectivity index (χ3v) is 4.03. The number of ether oxygens (including phenoxy) is 1. The van der Waals surface area contributed by atoms with Crippen molar-refractivity contribution in [3.63, 3.8) is 0 Å². The summed E-state index contributed by atoms with van der Waals surface area (Å²) in [5.41, 5.74) is -0.418. The second-order valence-electron chi connectivity index (χ2n) is 5.33. The van der Waals surface area contributed by atoms with Crippen molar-refractivity contribution in [2.75, 3.05) is 12.4 Å². The summed E-state index contributed by atoms with van der Waals surface area (Å²) >= 11 is 1.25. The van der Waals surface area contributed by atoms with E-state index in [2.05, 4.69) is 15.5 Å². The third kappa shape index (κ3) is 5.58. The second-order valence-corrected chi connectivity index (χ2v) is 6.67. The van der Waals surface area contributed by atoms with Crippen LogP contribution < -0.4 is 10.1 Å². The molecule has 1 N–H and O–H groups in total. The van der Waals surface area contributed by atoms with Gasteiger partial charge in [-0.25, -0.2) is 8.78 Å². The largest absolute Gasteiger partial charge is 0.470 e. The smallest absolute Gasteiger partial charge is 0.417 e. The van der Waals surface area contributed by atoms with E-state index < -0.39 is 30.3 Å². The van der Waals surface area contributed by atoms with E-state index in [4.69, 9.17) is 4.74 Å². The molecule has 0 aliphatic carbocycles. The predicted molar refractivity (Wildman–Crippen MR) is 84.4 cm³/mol. The number of rotatable bonds is 6. The number of halogens is 5. The van der Waals surface area contributed by atoms with Gasteiger partial charge in [0, 0.05) is 24.1 Å². The van der Waals surface area contributed by atoms with Crippen LogP contribution >= 0.6 is 11.8 Å². The molecular formula is C15H16F5N3OS. The average Bonchev–Trinajstić information content (AvgIpc) is 2.52. The zero-order valence-electron chi connectivity index (χ0n) is 13.4. The van der Waals surface area contributed by atoms with E-state index in [9.17, 15) is 22.0 Å². The summed E-state index contributed by atoms with van der Waals surface area (Å²) in [6.07, 6.45) is -2.50. The Kier molecular flexibility index (Phi) is 5.91. The van der Waals surface area contributed by atoms with E-state index in [0.717, 1.165) is 12.3 Å². The van der Waals surface area contributed by atoms with Crippen LogP contribution in [0, 0.1) is 0 Å². The molecule has 1 aliphatic rings. The molecular weight excluding hydrogens is 365 g/mol. The number of dihydropyridines is 1. The molecule has 10 heteroatoms. The van der Waals surface area contributed by atoms with Crippen LogP contribution in [0.1, 0.15) is 25.6 Å². The monoisotopic (exact) mass is 381 g/mol. The van der Waals surface area contributed by atoms with Crippen molar-refractivity contribution in [2.45, 2.75) is 32.0 Å². The quantitative estimate of drug-likeness (QED) is 0.747. The van der Waals surface area contributed by atoms with Crippen LogP contribution in [-0.4, -0.2) is 34.7 Å². The van der Waals surface area contributed by atoms with E-state index >= 15 is 0 Å². The van der Waals surface area contributed by atoms with Crippen LogP contribution in [0.5, 0.6) is 5.88 Å². The first-order valence-electron chi connectivity index (χ1n) is 7.32. The molecule has 25 heavy (non-hydrogen) atoms. The van der Waals surface area contributed by atoms with E-state index in [1.54, 1.807) is 0 Å². The number of nitrogens with one attached hydrogen (secondary N) is 1. The minimum atomic E-state index is -4.45. The van der Waals surface area contributed by atoms with Crippen molar-refractivity contribution in [2.24, 2.45) is 0 Å². The van der Waals surface area contributed by atoms with Crippen LogP contribution in [0.4, 0.5) is 22.0 Å². The van der Waals surface area contributed by atoms with Gasteiger partial charge in [-0.1, -0.05) is 6.92 Å². The standard InChI is InChI=1S/C15H16F5N3OS/c1-3-25-11-6-9(15(18,19)20)7-21-13(11)10-4-5-12(23-22-10)24-8-14(2,16)17/h4-7,13,21H,3,8H2,1-2H3. The van der Waals surface area contributed by atoms with Crippen LogP contribution in [0.3, 0.4) is 0 Å². The molecule has 1 aromatic rings. The van der Waals surface area contributed by atoms with E-state index in [0.29, 0.717) is 23.3 Å². The van der Waals surface area contributed by atoms with Gasteiger partial charge >= 0.3 is 6.18 Å². The van der Waals surface area contributed by atoms with Crippen molar-refractivity contribution in [1.82, 2.24) is 15.5 Å². The van der Waals surface area contributed by atoms with Gasteiger partial charge in [-0.15, -0.1) is 22.0 Å². The van der Waals surface area contributed by atoms with Crippen molar-refractivity contribution < 1.29 is 26.7 Å². The molecule has 0 saturated carbocycles. The lowest BCUT2D eigenvalue weighted by Crippen LogP contribution is -2.26. The molecule has 4 nitrogen and oxygen atoms in total. The third-order valence-electron chi connectivity index (χ3n) is 3.06. The van der Waals surface area contributed by atoms with Gasteiger partial charge in [0.1, 0.15) is 6.04 Å². The number of allylic oxidation sites excluding steroid dienone is 2. The Bertz CT molecular complexity index is 653. The number of hydrogen-bond acceptors (Lipinski definition) is 5. The molecule has 1 unspecified atom stereocenters. The summed E-state index contributed by atoms with van der Waals surface area (Å²) in [4.78, 5) is 0.445. The summed E-state index contributed by atoms with van der Waals surface area (Å²) < 4.78 is 68.9. The number of aromatic nitrogens is 2. The number of nitrogens with zero attached hydrogens (tertiary/aromatic N) is 2. The van der Waals surface area contributed by atoms with Gasteiger partial charge in [-0.2, -0.15) is 13.2 Å². The first kappa shape index (κ1) is 19.5. The number of alkyl halides is 5. The summed E-state index contributed by atoms with van der Waals surface area (Å²) in [6, 6.07) is 2.24. The van der Waals surface area contributed by atoms with E-state index in [-0.39, 0.29) is 5.88 Å². The fraction of sp³-hybridized carbons (Fsp3) is 0.467. The highest BCUT2D eigenvalue weighted by atomic mass is 32.2. The Labute approximate surface area is 145 Å². The van der Waals surface area contributed by atoms with Gasteiger partial charge in [0.2, 0.25) is 5.88 Å². The van der Waals surface area contributed by atoms with Gasteiger partial charge in [0.25, 0.3) is 5.92 Å². The highest BCUT2D eigenvalue weighted by molar-refractivity contribution is 8.03. The minimum Gasteiger partial charge on any atom is -0.470 e. The average molecular weight is 381 g/mol. The lowest BCUT2D eigenvalue weighted by Gasteiger charge is -2.25. The molecule has 0 aromatic carbocycles. The highest BCUT2D eigenvalue weighted by Crippen LogP contribution is 2.38. The zero-order chi connectivity index (χ0) is 18.7. The lowest BCUT2D eigenvalue weighted by atomic mass is 10.1. The predicted octanol–water partition coefficient (Wildman–Crippen LogP) is 4.24. The maximum absolute atomic E-state index is 12.9. The van der Waals surface area contributed by atoms with Gasteiger partial charge in [-0.3, -0.25) is 0 Å². The van der Waals surface area contributed by atoms with Crippen molar-refractivity contribution in [1.29, 1.82) is 0 Å². The van der Waals surface area contributed by atoms with Crippen LogP contribution in [0.15, 0.2) is 34.9 Å². The van der Waals surface area contributed by atoms with Crippen LogP contribution in [-0.2, 0) is 0 Å². The molecule has 2 rings (SSSR count). The molecule has 0 bridgehead atoms. The Balaban J connectivity index is 2.15. The van der Waals surface area contributed by atoms with Gasteiger partial charge < -0.3 is 10.1 Å². The molecule has 1 atom stereocenters. The minimum absolute atomic E-state index is 0.0821. The molecule has 1 aliphatic heterocycles. The Morgan fingerprint density at radius 3 is 2.44 bits per heavy atom. The zero-order valence-corrected chi connectivity index (χ0v) is 14.2. The fourth-order valence-electron chi connectivity index (χ4n) is 1.98. The van der Waals surface area contributed by atoms with Crippen molar-refractivity contribution in [3.8, 4) is 5.88 Å². The van der Waals surface area contributed by atoms with Crippen LogP contribution in [0.2, 0.25) is 0 Å². The van der Waals surface area contributed by atoms with Gasteiger partial charge in [0.05, 0.1) is 11.3 Å². The van der Waals surface area contributed by atoms with Crippen molar-refractivity contribution in [3.05, 3.63) is 40.6 Å². The SMILES string of the molecule is CCSC1=CC(C(F)(F)F)=CNC1c1ccc(OCC(C)(F)F)nn1. The molecule has 1 aromatic heterocycles.